The third kappa shape index (κ3) is 4.19. The number of benzene rings is 1. The number of carboxylic acid groups (broad SMARTS) is 1. The van der Waals surface area contributed by atoms with Crippen molar-refractivity contribution in [2.24, 2.45) is 0 Å². The second-order valence-electron chi connectivity index (χ2n) is 4.54. The van der Waals surface area contributed by atoms with Gasteiger partial charge in [0.2, 0.25) is 0 Å². The lowest BCUT2D eigenvalue weighted by molar-refractivity contribution is -0.136. The van der Waals surface area contributed by atoms with Gasteiger partial charge in [0, 0.05) is 11.8 Å². The highest BCUT2D eigenvalue weighted by Crippen LogP contribution is 2.33. The lowest BCUT2D eigenvalue weighted by atomic mass is 10.1. The summed E-state index contributed by atoms with van der Waals surface area (Å²) in [7, 11) is 0. The van der Waals surface area contributed by atoms with Crippen LogP contribution >= 0.6 is 11.8 Å². The number of hydrogen-bond donors (Lipinski definition) is 2. The van der Waals surface area contributed by atoms with Gasteiger partial charge >= 0.3 is 5.97 Å². The summed E-state index contributed by atoms with van der Waals surface area (Å²) in [6, 6.07) is 10.4. The number of aromatic nitrogens is 2. The molecule has 5 nitrogen and oxygen atoms in total. The molecule has 1 heterocycles. The van der Waals surface area contributed by atoms with Crippen LogP contribution in [0.2, 0.25) is 0 Å². The first kappa shape index (κ1) is 15.3. The molecule has 2 aromatic rings. The molecule has 0 bridgehead atoms. The van der Waals surface area contributed by atoms with Crippen LogP contribution in [0, 0.1) is 0 Å². The first-order valence-electron chi connectivity index (χ1n) is 6.64. The van der Waals surface area contributed by atoms with E-state index in [1.165, 1.54) is 6.07 Å². The number of nitrogens with zero attached hydrogens (tertiary/aromatic N) is 1. The largest absolute Gasteiger partial charge is 0.480 e. The highest BCUT2D eigenvalue weighted by atomic mass is 32.2. The van der Waals surface area contributed by atoms with E-state index in [0.29, 0.717) is 22.8 Å². The monoisotopic (exact) mass is 304 g/mol. The van der Waals surface area contributed by atoms with Gasteiger partial charge in [0.15, 0.2) is 5.16 Å². The summed E-state index contributed by atoms with van der Waals surface area (Å²) in [4.78, 5) is 30.0. The summed E-state index contributed by atoms with van der Waals surface area (Å²) in [5.74, 6) is -0.963. The average Bonchev–Trinajstić information content (AvgIpc) is 2.45. The standard InChI is InChI=1S/C15H16N2O3S/c1-2-6-11-9-12(18)17-15(16-11)21-13(14(19)20)10-7-4-3-5-8-10/h3-5,7-9,13H,2,6H2,1H3,(H,19,20)(H,16,17,18)/t13-/m0/s1. The summed E-state index contributed by atoms with van der Waals surface area (Å²) in [6.07, 6.45) is 1.57. The molecule has 21 heavy (non-hydrogen) atoms. The molecular formula is C15H16N2O3S. The van der Waals surface area contributed by atoms with Gasteiger partial charge in [-0.25, -0.2) is 4.98 Å². The SMILES string of the molecule is CCCc1cc(=O)[nH]c(S[C@H](C(=O)O)c2ccccc2)n1. The Hall–Kier alpha value is -2.08. The fourth-order valence-electron chi connectivity index (χ4n) is 1.92. The predicted octanol–water partition coefficient (Wildman–Crippen LogP) is 2.64. The third-order valence-corrected chi connectivity index (χ3v) is 3.96. The van der Waals surface area contributed by atoms with Crippen molar-refractivity contribution in [3.63, 3.8) is 0 Å². The number of rotatable bonds is 6. The zero-order valence-corrected chi connectivity index (χ0v) is 12.4. The molecule has 0 radical (unpaired) electrons. The Morgan fingerprint density at radius 1 is 1.38 bits per heavy atom. The Morgan fingerprint density at radius 2 is 2.10 bits per heavy atom. The molecule has 0 unspecified atom stereocenters. The van der Waals surface area contributed by atoms with Crippen molar-refractivity contribution < 1.29 is 9.90 Å². The van der Waals surface area contributed by atoms with E-state index >= 15 is 0 Å². The van der Waals surface area contributed by atoms with E-state index in [0.717, 1.165) is 18.2 Å². The van der Waals surface area contributed by atoms with E-state index in [1.54, 1.807) is 24.3 Å². The Bertz CT molecular complexity index is 670. The minimum absolute atomic E-state index is 0.256. The second-order valence-corrected chi connectivity index (χ2v) is 5.63. The maximum absolute atomic E-state index is 11.6. The van der Waals surface area contributed by atoms with E-state index in [1.807, 2.05) is 13.0 Å². The quantitative estimate of drug-likeness (QED) is 0.633. The molecule has 0 amide bonds. The second kappa shape index (κ2) is 7.08. The van der Waals surface area contributed by atoms with Crippen molar-refractivity contribution in [2.75, 3.05) is 0 Å². The van der Waals surface area contributed by atoms with Gasteiger partial charge in [0.25, 0.3) is 5.56 Å². The average molecular weight is 304 g/mol. The Labute approximate surface area is 126 Å². The van der Waals surface area contributed by atoms with Gasteiger partial charge in [-0.05, 0) is 12.0 Å². The zero-order valence-electron chi connectivity index (χ0n) is 11.6. The highest BCUT2D eigenvalue weighted by molar-refractivity contribution is 8.00. The summed E-state index contributed by atoms with van der Waals surface area (Å²) < 4.78 is 0. The van der Waals surface area contributed by atoms with Crippen LogP contribution in [0.25, 0.3) is 0 Å². The Kier molecular flexibility index (Phi) is 5.16. The molecule has 1 atom stereocenters. The van der Waals surface area contributed by atoms with Crippen LogP contribution in [-0.2, 0) is 11.2 Å². The number of carbonyl (C=O) groups is 1. The van der Waals surface area contributed by atoms with Crippen LogP contribution in [0.4, 0.5) is 0 Å². The third-order valence-electron chi connectivity index (χ3n) is 2.84. The van der Waals surface area contributed by atoms with E-state index in [4.69, 9.17) is 0 Å². The summed E-state index contributed by atoms with van der Waals surface area (Å²) >= 11 is 1.04. The van der Waals surface area contributed by atoms with Crippen molar-refractivity contribution in [1.29, 1.82) is 0 Å². The van der Waals surface area contributed by atoms with Gasteiger partial charge in [-0.1, -0.05) is 55.4 Å². The van der Waals surface area contributed by atoms with Crippen molar-refractivity contribution in [1.82, 2.24) is 9.97 Å². The van der Waals surface area contributed by atoms with Crippen molar-refractivity contribution >= 4 is 17.7 Å². The fourth-order valence-corrected chi connectivity index (χ4v) is 2.87. The molecule has 0 aliphatic heterocycles. The zero-order chi connectivity index (χ0) is 15.2. The fraction of sp³-hybridized carbons (Fsp3) is 0.267. The van der Waals surface area contributed by atoms with Crippen LogP contribution in [0.15, 0.2) is 46.3 Å². The molecule has 0 aliphatic rings. The van der Waals surface area contributed by atoms with Crippen molar-refractivity contribution in [3.8, 4) is 0 Å². The Balaban J connectivity index is 2.29. The van der Waals surface area contributed by atoms with Gasteiger partial charge in [-0.2, -0.15) is 0 Å². The normalized spacial score (nSPS) is 12.0. The van der Waals surface area contributed by atoms with E-state index in [2.05, 4.69) is 9.97 Å². The van der Waals surface area contributed by atoms with E-state index in [9.17, 15) is 14.7 Å². The molecular weight excluding hydrogens is 288 g/mol. The molecule has 0 saturated heterocycles. The number of aryl methyl sites for hydroxylation is 1. The molecule has 0 aliphatic carbocycles. The first-order chi connectivity index (χ1) is 10.1. The van der Waals surface area contributed by atoms with Gasteiger partial charge < -0.3 is 10.1 Å². The first-order valence-corrected chi connectivity index (χ1v) is 7.52. The summed E-state index contributed by atoms with van der Waals surface area (Å²) in [5.41, 5.74) is 1.09. The van der Waals surface area contributed by atoms with Gasteiger partial charge in [-0.15, -0.1) is 0 Å². The number of thioether (sulfide) groups is 1. The maximum Gasteiger partial charge on any atom is 0.321 e. The lowest BCUT2D eigenvalue weighted by Crippen LogP contribution is -2.13. The van der Waals surface area contributed by atoms with Crippen LogP contribution < -0.4 is 5.56 Å². The molecule has 0 fully saturated rings. The smallest absolute Gasteiger partial charge is 0.321 e. The van der Waals surface area contributed by atoms with Crippen molar-refractivity contribution in [3.05, 3.63) is 58.0 Å². The topological polar surface area (TPSA) is 83.0 Å². The van der Waals surface area contributed by atoms with Crippen molar-refractivity contribution in [2.45, 2.75) is 30.2 Å². The minimum Gasteiger partial charge on any atom is -0.480 e. The van der Waals surface area contributed by atoms with E-state index in [-0.39, 0.29) is 5.56 Å². The molecule has 2 N–H and O–H groups in total. The summed E-state index contributed by atoms with van der Waals surface area (Å²) in [5, 5.41) is 8.92. The molecule has 0 saturated carbocycles. The predicted molar refractivity (Wildman–Crippen MR) is 81.5 cm³/mol. The Morgan fingerprint density at radius 3 is 2.71 bits per heavy atom. The maximum atomic E-state index is 11.6. The van der Waals surface area contributed by atoms with Crippen LogP contribution in [0.5, 0.6) is 0 Å². The van der Waals surface area contributed by atoms with E-state index < -0.39 is 11.2 Å². The molecule has 2 rings (SSSR count). The molecule has 1 aromatic heterocycles. The van der Waals surface area contributed by atoms with Gasteiger partial charge in [0.1, 0.15) is 5.25 Å². The number of hydrogen-bond acceptors (Lipinski definition) is 4. The summed E-state index contributed by atoms with van der Waals surface area (Å²) in [6.45, 7) is 2.00. The molecule has 0 spiro atoms. The number of aromatic amines is 1. The number of aliphatic carboxylic acids is 1. The number of nitrogens with one attached hydrogen (secondary N) is 1. The number of carboxylic acids is 1. The highest BCUT2D eigenvalue weighted by Gasteiger charge is 2.22. The van der Waals surface area contributed by atoms with Crippen LogP contribution in [-0.4, -0.2) is 21.0 Å². The number of H-pyrrole nitrogens is 1. The lowest BCUT2D eigenvalue weighted by Gasteiger charge is -2.12. The van der Waals surface area contributed by atoms with Gasteiger partial charge in [0.05, 0.1) is 0 Å². The van der Waals surface area contributed by atoms with Crippen LogP contribution in [0.1, 0.15) is 29.9 Å². The minimum atomic E-state index is -0.963. The molecule has 110 valence electrons. The van der Waals surface area contributed by atoms with Crippen LogP contribution in [0.3, 0.4) is 0 Å². The molecule has 6 heteroatoms. The molecule has 1 aromatic carbocycles. The van der Waals surface area contributed by atoms with Gasteiger partial charge in [-0.3, -0.25) is 9.59 Å².